The lowest BCUT2D eigenvalue weighted by molar-refractivity contribution is -0.155. The van der Waals surface area contributed by atoms with Crippen molar-refractivity contribution in [1.29, 1.82) is 0 Å². The topological polar surface area (TPSA) is 38.3 Å². The molecular formula is C14H18BrNO2. The summed E-state index contributed by atoms with van der Waals surface area (Å²) in [4.78, 5) is 11.8. The summed E-state index contributed by atoms with van der Waals surface area (Å²) in [6, 6.07) is 6.11. The molecule has 3 nitrogen and oxygen atoms in total. The largest absolute Gasteiger partial charge is 0.460 e. The minimum absolute atomic E-state index is 0.137. The van der Waals surface area contributed by atoms with Crippen molar-refractivity contribution < 1.29 is 9.53 Å². The first kappa shape index (κ1) is 13.4. The van der Waals surface area contributed by atoms with Gasteiger partial charge in [-0.15, -0.1) is 0 Å². The highest BCUT2D eigenvalue weighted by Crippen LogP contribution is 2.35. The number of rotatable bonds is 2. The quantitative estimate of drug-likeness (QED) is 0.847. The van der Waals surface area contributed by atoms with E-state index in [1.807, 2.05) is 32.9 Å². The van der Waals surface area contributed by atoms with E-state index in [2.05, 4.69) is 27.3 Å². The first-order valence-corrected chi connectivity index (χ1v) is 6.89. The third-order valence-electron chi connectivity index (χ3n) is 2.83. The van der Waals surface area contributed by atoms with E-state index in [1.54, 1.807) is 0 Å². The van der Waals surface area contributed by atoms with Crippen LogP contribution >= 0.6 is 15.9 Å². The van der Waals surface area contributed by atoms with Crippen molar-refractivity contribution in [2.24, 2.45) is 0 Å². The van der Waals surface area contributed by atoms with Crippen LogP contribution < -0.4 is 5.32 Å². The summed E-state index contributed by atoms with van der Waals surface area (Å²) in [6.07, 6.45) is 0.424. The fraction of sp³-hybridized carbons (Fsp3) is 0.500. The van der Waals surface area contributed by atoms with Gasteiger partial charge in [0.2, 0.25) is 0 Å². The predicted octanol–water partition coefficient (Wildman–Crippen LogP) is 3.69. The van der Waals surface area contributed by atoms with Crippen LogP contribution in [-0.2, 0) is 9.53 Å². The average Bonchev–Trinajstić information content (AvgIpc) is 2.58. The number of carbonyl (C=O) groups is 1. The molecule has 0 saturated carbocycles. The Hall–Kier alpha value is -1.03. The van der Waals surface area contributed by atoms with Crippen LogP contribution in [0.3, 0.4) is 0 Å². The van der Waals surface area contributed by atoms with Crippen LogP contribution in [0.5, 0.6) is 0 Å². The maximum absolute atomic E-state index is 11.8. The summed E-state index contributed by atoms with van der Waals surface area (Å²) in [6.45, 7) is 6.47. The zero-order chi connectivity index (χ0) is 13.3. The molecule has 0 aromatic heterocycles. The minimum Gasteiger partial charge on any atom is -0.460 e. The fourth-order valence-corrected chi connectivity index (χ4v) is 2.52. The van der Waals surface area contributed by atoms with Crippen molar-refractivity contribution in [2.75, 3.05) is 11.9 Å². The molecule has 1 aliphatic rings. The molecule has 0 saturated heterocycles. The van der Waals surface area contributed by atoms with Gasteiger partial charge in [0, 0.05) is 22.6 Å². The minimum atomic E-state index is -0.413. The number of fused-ring (bicyclic) bond motifs is 1. The van der Waals surface area contributed by atoms with Gasteiger partial charge in [-0.05, 0) is 44.5 Å². The second-order valence-corrected chi connectivity index (χ2v) is 6.52. The smallest absolute Gasteiger partial charge is 0.306 e. The van der Waals surface area contributed by atoms with Crippen LogP contribution in [0.2, 0.25) is 0 Å². The Bertz CT molecular complexity index is 465. The summed E-state index contributed by atoms with van der Waals surface area (Å²) < 4.78 is 6.41. The molecule has 0 bridgehead atoms. The average molecular weight is 312 g/mol. The zero-order valence-electron chi connectivity index (χ0n) is 10.9. The Balaban J connectivity index is 2.06. The molecule has 0 spiro atoms. The summed E-state index contributed by atoms with van der Waals surface area (Å²) in [5.41, 5.74) is 1.89. The molecule has 1 atom stereocenters. The Labute approximate surface area is 116 Å². The molecule has 1 heterocycles. The number of carbonyl (C=O) groups excluding carboxylic acids is 1. The number of halogens is 1. The van der Waals surface area contributed by atoms with Gasteiger partial charge in [-0.3, -0.25) is 4.79 Å². The summed E-state index contributed by atoms with van der Waals surface area (Å²) in [5.74, 6) is 0.0643. The molecule has 1 N–H and O–H groups in total. The molecular weight excluding hydrogens is 294 g/mol. The standard InChI is InChI=1S/C14H18BrNO2/c1-14(2,3)18-13(17)6-9-8-16-12-5-4-10(15)7-11(9)12/h4-5,7,9,16H,6,8H2,1-3H3. The van der Waals surface area contributed by atoms with Gasteiger partial charge in [0.05, 0.1) is 6.42 Å². The summed E-state index contributed by atoms with van der Waals surface area (Å²) >= 11 is 3.46. The number of nitrogens with one attached hydrogen (secondary N) is 1. The van der Waals surface area contributed by atoms with E-state index < -0.39 is 5.60 Å². The molecule has 1 aromatic carbocycles. The van der Waals surface area contributed by atoms with Gasteiger partial charge < -0.3 is 10.1 Å². The van der Waals surface area contributed by atoms with Gasteiger partial charge in [0.15, 0.2) is 0 Å². The zero-order valence-corrected chi connectivity index (χ0v) is 12.5. The molecule has 0 fully saturated rings. The lowest BCUT2D eigenvalue weighted by atomic mass is 9.98. The van der Waals surface area contributed by atoms with E-state index in [0.717, 1.165) is 16.7 Å². The Morgan fingerprint density at radius 2 is 2.22 bits per heavy atom. The number of anilines is 1. The SMILES string of the molecule is CC(C)(C)OC(=O)CC1CNc2ccc(Br)cc21. The first-order chi connectivity index (χ1) is 8.35. The van der Waals surface area contributed by atoms with Crippen LogP contribution in [0.15, 0.2) is 22.7 Å². The van der Waals surface area contributed by atoms with Crippen molar-refractivity contribution >= 4 is 27.6 Å². The van der Waals surface area contributed by atoms with Crippen molar-refractivity contribution in [3.05, 3.63) is 28.2 Å². The lowest BCUT2D eigenvalue weighted by Gasteiger charge is -2.20. The fourth-order valence-electron chi connectivity index (χ4n) is 2.14. The second-order valence-electron chi connectivity index (χ2n) is 5.60. The molecule has 4 heteroatoms. The Morgan fingerprint density at radius 1 is 1.50 bits per heavy atom. The monoisotopic (exact) mass is 311 g/mol. The van der Waals surface area contributed by atoms with Gasteiger partial charge in [-0.2, -0.15) is 0 Å². The number of hydrogen-bond donors (Lipinski definition) is 1. The number of benzene rings is 1. The summed E-state index contributed by atoms with van der Waals surface area (Å²) in [7, 11) is 0. The third-order valence-corrected chi connectivity index (χ3v) is 3.32. The first-order valence-electron chi connectivity index (χ1n) is 6.10. The maximum Gasteiger partial charge on any atom is 0.306 e. The van der Waals surface area contributed by atoms with Gasteiger partial charge in [-0.25, -0.2) is 0 Å². The Kier molecular flexibility index (Phi) is 3.66. The van der Waals surface area contributed by atoms with Crippen molar-refractivity contribution in [2.45, 2.75) is 38.7 Å². The molecule has 1 aliphatic heterocycles. The van der Waals surface area contributed by atoms with Gasteiger partial charge in [0.25, 0.3) is 0 Å². The molecule has 18 heavy (non-hydrogen) atoms. The second kappa shape index (κ2) is 4.92. The summed E-state index contributed by atoms with van der Waals surface area (Å²) in [5, 5.41) is 3.32. The predicted molar refractivity (Wildman–Crippen MR) is 75.8 cm³/mol. The molecule has 0 aliphatic carbocycles. The van der Waals surface area contributed by atoms with Gasteiger partial charge in [-0.1, -0.05) is 15.9 Å². The van der Waals surface area contributed by atoms with Crippen molar-refractivity contribution in [1.82, 2.24) is 0 Å². The highest BCUT2D eigenvalue weighted by atomic mass is 79.9. The number of ether oxygens (including phenoxy) is 1. The van der Waals surface area contributed by atoms with Crippen LogP contribution in [0.25, 0.3) is 0 Å². The van der Waals surface area contributed by atoms with Gasteiger partial charge >= 0.3 is 5.97 Å². The molecule has 2 rings (SSSR count). The van der Waals surface area contributed by atoms with E-state index in [1.165, 1.54) is 5.56 Å². The normalized spacial score (nSPS) is 18.1. The molecule has 98 valence electrons. The highest BCUT2D eigenvalue weighted by Gasteiger charge is 2.27. The van der Waals surface area contributed by atoms with Crippen LogP contribution in [0, 0.1) is 0 Å². The molecule has 1 aromatic rings. The van der Waals surface area contributed by atoms with E-state index in [9.17, 15) is 4.79 Å². The van der Waals surface area contributed by atoms with Crippen LogP contribution in [0.1, 0.15) is 38.7 Å². The number of hydrogen-bond acceptors (Lipinski definition) is 3. The van der Waals surface area contributed by atoms with Crippen molar-refractivity contribution in [3.63, 3.8) is 0 Å². The highest BCUT2D eigenvalue weighted by molar-refractivity contribution is 9.10. The Morgan fingerprint density at radius 3 is 2.89 bits per heavy atom. The lowest BCUT2D eigenvalue weighted by Crippen LogP contribution is -2.25. The van der Waals surface area contributed by atoms with E-state index in [-0.39, 0.29) is 11.9 Å². The van der Waals surface area contributed by atoms with Gasteiger partial charge in [0.1, 0.15) is 5.60 Å². The number of esters is 1. The molecule has 0 amide bonds. The van der Waals surface area contributed by atoms with Crippen LogP contribution in [-0.4, -0.2) is 18.1 Å². The van der Waals surface area contributed by atoms with Crippen LogP contribution in [0.4, 0.5) is 5.69 Å². The molecule has 1 unspecified atom stereocenters. The maximum atomic E-state index is 11.8. The van der Waals surface area contributed by atoms with E-state index in [0.29, 0.717) is 6.42 Å². The van der Waals surface area contributed by atoms with E-state index in [4.69, 9.17) is 4.74 Å². The molecule has 0 radical (unpaired) electrons. The van der Waals surface area contributed by atoms with Crippen molar-refractivity contribution in [3.8, 4) is 0 Å². The third kappa shape index (κ3) is 3.25. The van der Waals surface area contributed by atoms with E-state index >= 15 is 0 Å².